The normalized spacial score (nSPS) is 10.3. The minimum atomic E-state index is -1.11. The maximum absolute atomic E-state index is 11.4. The molecule has 1 aromatic heterocycles. The van der Waals surface area contributed by atoms with E-state index < -0.39 is 5.97 Å². The van der Waals surface area contributed by atoms with E-state index in [0.29, 0.717) is 11.5 Å². The molecule has 0 radical (unpaired) electrons. The number of hydrogen-bond donors (Lipinski definition) is 2. The average Bonchev–Trinajstić information content (AvgIpc) is 2.81. The monoisotopic (exact) mass is 271 g/mol. The highest BCUT2D eigenvalue weighted by Crippen LogP contribution is 2.08. The van der Waals surface area contributed by atoms with Gasteiger partial charge >= 0.3 is 5.97 Å². The molecule has 6 heteroatoms. The van der Waals surface area contributed by atoms with Crippen LogP contribution in [0, 0.1) is 0 Å². The summed E-state index contributed by atoms with van der Waals surface area (Å²) in [4.78, 5) is 22.0. The highest BCUT2D eigenvalue weighted by Gasteiger charge is 2.09. The molecule has 5 nitrogen and oxygen atoms in total. The number of amides is 1. The number of nitrogens with one attached hydrogen (secondary N) is 1. The van der Waals surface area contributed by atoms with E-state index in [1.54, 1.807) is 17.8 Å². The Morgan fingerprint density at radius 3 is 2.83 bits per heavy atom. The lowest BCUT2D eigenvalue weighted by molar-refractivity contribution is -0.118. The van der Waals surface area contributed by atoms with Crippen molar-refractivity contribution in [2.24, 2.45) is 0 Å². The van der Waals surface area contributed by atoms with Gasteiger partial charge in [-0.2, -0.15) is 11.8 Å². The molecule has 1 aromatic rings. The molecular formula is C12H17NO4S. The minimum Gasteiger partial charge on any atom is -0.475 e. The van der Waals surface area contributed by atoms with Crippen molar-refractivity contribution < 1.29 is 19.1 Å². The number of hydrogen-bond acceptors (Lipinski definition) is 4. The maximum atomic E-state index is 11.4. The van der Waals surface area contributed by atoms with Gasteiger partial charge in [0.25, 0.3) is 0 Å². The van der Waals surface area contributed by atoms with Gasteiger partial charge in [-0.15, -0.1) is 0 Å². The van der Waals surface area contributed by atoms with Crippen LogP contribution in [0.5, 0.6) is 0 Å². The predicted octanol–water partition coefficient (Wildman–Crippen LogP) is 2.13. The van der Waals surface area contributed by atoms with Crippen molar-refractivity contribution >= 4 is 23.6 Å². The SMILES string of the molecule is CCCCSCC(=O)NCc1ccc(C(=O)O)o1. The Labute approximate surface area is 110 Å². The molecule has 0 aliphatic rings. The van der Waals surface area contributed by atoms with Gasteiger partial charge in [-0.05, 0) is 24.3 Å². The molecule has 0 aromatic carbocycles. The van der Waals surface area contributed by atoms with Gasteiger partial charge in [0.1, 0.15) is 5.76 Å². The zero-order valence-electron chi connectivity index (χ0n) is 10.3. The fourth-order valence-electron chi connectivity index (χ4n) is 1.24. The molecule has 1 heterocycles. The van der Waals surface area contributed by atoms with E-state index in [-0.39, 0.29) is 18.2 Å². The summed E-state index contributed by atoms with van der Waals surface area (Å²) < 4.78 is 5.02. The molecular weight excluding hydrogens is 254 g/mol. The van der Waals surface area contributed by atoms with Gasteiger partial charge in [-0.1, -0.05) is 13.3 Å². The third-order valence-electron chi connectivity index (χ3n) is 2.21. The van der Waals surface area contributed by atoms with Crippen LogP contribution in [-0.4, -0.2) is 28.5 Å². The number of carbonyl (C=O) groups is 2. The quantitative estimate of drug-likeness (QED) is 0.708. The summed E-state index contributed by atoms with van der Waals surface area (Å²) in [5.74, 6) is 0.559. The Kier molecular flexibility index (Phi) is 6.35. The molecule has 1 rings (SSSR count). The predicted molar refractivity (Wildman–Crippen MR) is 69.7 cm³/mol. The Bertz CT molecular complexity index is 403. The van der Waals surface area contributed by atoms with Gasteiger partial charge in [0.05, 0.1) is 12.3 Å². The lowest BCUT2D eigenvalue weighted by atomic mass is 10.4. The van der Waals surface area contributed by atoms with Gasteiger partial charge in [-0.3, -0.25) is 4.79 Å². The number of rotatable bonds is 8. The zero-order chi connectivity index (χ0) is 13.4. The van der Waals surface area contributed by atoms with E-state index in [2.05, 4.69) is 12.2 Å². The molecule has 1 amide bonds. The zero-order valence-corrected chi connectivity index (χ0v) is 11.1. The Hall–Kier alpha value is -1.43. The molecule has 0 spiro atoms. The van der Waals surface area contributed by atoms with Gasteiger partial charge in [0.2, 0.25) is 11.7 Å². The van der Waals surface area contributed by atoms with E-state index in [0.717, 1.165) is 18.6 Å². The summed E-state index contributed by atoms with van der Waals surface area (Å²) >= 11 is 1.59. The smallest absolute Gasteiger partial charge is 0.371 e. The fraction of sp³-hybridized carbons (Fsp3) is 0.500. The summed E-state index contributed by atoms with van der Waals surface area (Å²) in [7, 11) is 0. The fourth-order valence-corrected chi connectivity index (χ4v) is 2.16. The molecule has 0 aliphatic carbocycles. The number of carboxylic acid groups (broad SMARTS) is 1. The topological polar surface area (TPSA) is 79.5 Å². The second-order valence-corrected chi connectivity index (χ2v) is 4.86. The first-order chi connectivity index (χ1) is 8.63. The molecule has 0 saturated heterocycles. The van der Waals surface area contributed by atoms with Crippen molar-refractivity contribution in [2.45, 2.75) is 26.3 Å². The van der Waals surface area contributed by atoms with E-state index in [1.165, 1.54) is 6.07 Å². The van der Waals surface area contributed by atoms with E-state index in [9.17, 15) is 9.59 Å². The van der Waals surface area contributed by atoms with Crippen molar-refractivity contribution in [3.8, 4) is 0 Å². The maximum Gasteiger partial charge on any atom is 0.371 e. The summed E-state index contributed by atoms with van der Waals surface area (Å²) in [6.07, 6.45) is 2.23. The number of thioether (sulfide) groups is 1. The molecule has 100 valence electrons. The molecule has 0 atom stereocenters. The molecule has 0 saturated carbocycles. The first kappa shape index (κ1) is 14.6. The number of carbonyl (C=O) groups excluding carboxylic acids is 1. The Morgan fingerprint density at radius 1 is 1.44 bits per heavy atom. The van der Waals surface area contributed by atoms with Gasteiger partial charge in [-0.25, -0.2) is 4.79 Å². The number of furan rings is 1. The highest BCUT2D eigenvalue weighted by atomic mass is 32.2. The van der Waals surface area contributed by atoms with Crippen molar-refractivity contribution in [3.05, 3.63) is 23.7 Å². The van der Waals surface area contributed by atoms with Crippen LogP contribution in [0.4, 0.5) is 0 Å². The van der Waals surface area contributed by atoms with Crippen molar-refractivity contribution in [2.75, 3.05) is 11.5 Å². The van der Waals surface area contributed by atoms with Crippen molar-refractivity contribution in [1.82, 2.24) is 5.32 Å². The largest absolute Gasteiger partial charge is 0.475 e. The second-order valence-electron chi connectivity index (χ2n) is 3.75. The Morgan fingerprint density at radius 2 is 2.22 bits per heavy atom. The van der Waals surface area contributed by atoms with Gasteiger partial charge < -0.3 is 14.8 Å². The number of carboxylic acids is 1. The number of aromatic carboxylic acids is 1. The lowest BCUT2D eigenvalue weighted by Gasteiger charge is -2.02. The second kappa shape index (κ2) is 7.81. The van der Waals surface area contributed by atoms with E-state index >= 15 is 0 Å². The third-order valence-corrected chi connectivity index (χ3v) is 3.25. The summed E-state index contributed by atoms with van der Waals surface area (Å²) in [5, 5.41) is 11.3. The van der Waals surface area contributed by atoms with Crippen LogP contribution in [-0.2, 0) is 11.3 Å². The third kappa shape index (κ3) is 5.27. The van der Waals surface area contributed by atoms with Crippen molar-refractivity contribution in [1.29, 1.82) is 0 Å². The molecule has 2 N–H and O–H groups in total. The summed E-state index contributed by atoms with van der Waals surface area (Å²) in [6.45, 7) is 2.33. The number of unbranched alkanes of at least 4 members (excludes halogenated alkanes) is 1. The molecule has 0 fully saturated rings. The standard InChI is InChI=1S/C12H17NO4S/c1-2-3-6-18-8-11(14)13-7-9-4-5-10(17-9)12(15)16/h4-5H,2-3,6-8H2,1H3,(H,13,14)(H,15,16). The first-order valence-electron chi connectivity index (χ1n) is 5.80. The van der Waals surface area contributed by atoms with E-state index in [4.69, 9.17) is 9.52 Å². The van der Waals surface area contributed by atoms with Crippen molar-refractivity contribution in [3.63, 3.8) is 0 Å². The lowest BCUT2D eigenvalue weighted by Crippen LogP contribution is -2.24. The van der Waals surface area contributed by atoms with Crippen LogP contribution >= 0.6 is 11.8 Å². The van der Waals surface area contributed by atoms with Gasteiger partial charge in [0.15, 0.2) is 0 Å². The van der Waals surface area contributed by atoms with Crippen LogP contribution in [0.15, 0.2) is 16.5 Å². The molecule has 18 heavy (non-hydrogen) atoms. The van der Waals surface area contributed by atoms with E-state index in [1.807, 2.05) is 0 Å². The Balaban J connectivity index is 2.23. The van der Waals surface area contributed by atoms with Crippen LogP contribution in [0.1, 0.15) is 36.1 Å². The van der Waals surface area contributed by atoms with Gasteiger partial charge in [0, 0.05) is 0 Å². The van der Waals surface area contributed by atoms with Crippen LogP contribution < -0.4 is 5.32 Å². The first-order valence-corrected chi connectivity index (χ1v) is 6.95. The molecule has 0 bridgehead atoms. The highest BCUT2D eigenvalue weighted by molar-refractivity contribution is 7.99. The van der Waals surface area contributed by atoms with Crippen LogP contribution in [0.3, 0.4) is 0 Å². The average molecular weight is 271 g/mol. The van der Waals surface area contributed by atoms with Crippen LogP contribution in [0.2, 0.25) is 0 Å². The molecule has 0 aliphatic heterocycles. The molecule has 0 unspecified atom stereocenters. The summed E-state index contributed by atoms with van der Waals surface area (Å²) in [6, 6.07) is 2.92. The summed E-state index contributed by atoms with van der Waals surface area (Å²) in [5.41, 5.74) is 0. The van der Waals surface area contributed by atoms with Crippen LogP contribution in [0.25, 0.3) is 0 Å². The minimum absolute atomic E-state index is 0.0654.